The van der Waals surface area contributed by atoms with Crippen molar-refractivity contribution in [2.75, 3.05) is 20.8 Å². The molecule has 0 aromatic carbocycles. The monoisotopic (exact) mass is 386 g/mol. The minimum absolute atomic E-state index is 0.265. The Labute approximate surface area is 162 Å². The van der Waals surface area contributed by atoms with Gasteiger partial charge in [0.1, 0.15) is 0 Å². The summed E-state index contributed by atoms with van der Waals surface area (Å²) >= 11 is 0. The lowest BCUT2D eigenvalue weighted by Crippen LogP contribution is -2.35. The maximum atomic E-state index is 11.2. The zero-order valence-corrected chi connectivity index (χ0v) is 18.7. The van der Waals surface area contributed by atoms with Gasteiger partial charge in [-0.3, -0.25) is 0 Å². The Morgan fingerprint density at radius 3 is 1.54 bits per heavy atom. The predicted octanol–water partition coefficient (Wildman–Crippen LogP) is 6.15. The summed E-state index contributed by atoms with van der Waals surface area (Å²) in [5.74, 6) is -0.265. The Morgan fingerprint density at radius 1 is 0.769 bits per heavy atom. The maximum absolute atomic E-state index is 11.2. The van der Waals surface area contributed by atoms with Crippen molar-refractivity contribution in [3.05, 3.63) is 12.2 Å². The molecule has 0 aromatic heterocycles. The first kappa shape index (κ1) is 25.3. The average molecular weight is 387 g/mol. The normalized spacial score (nSPS) is 11.5. The smallest absolute Gasteiger partial charge is 0.334 e. The second-order valence-electron chi connectivity index (χ2n) is 7.45. The summed E-state index contributed by atoms with van der Waals surface area (Å²) in [6.45, 7) is 7.93. The molecule has 0 unspecified atom stereocenters. The van der Waals surface area contributed by atoms with Gasteiger partial charge in [-0.05, 0) is 25.9 Å². The Hall–Kier alpha value is -0.653. The SMILES string of the molecule is C=C(C)C(=O)OCCCCCCCCCCCCCC[Si](C)(OC)OC. The molecule has 5 heteroatoms. The zero-order chi connectivity index (χ0) is 19.7. The highest BCUT2D eigenvalue weighted by atomic mass is 28.4. The van der Waals surface area contributed by atoms with E-state index in [1.54, 1.807) is 21.1 Å². The van der Waals surface area contributed by atoms with Crippen LogP contribution in [0.3, 0.4) is 0 Å². The number of esters is 1. The number of ether oxygens (including phenoxy) is 1. The fourth-order valence-electron chi connectivity index (χ4n) is 2.89. The van der Waals surface area contributed by atoms with Gasteiger partial charge in [-0.15, -0.1) is 0 Å². The van der Waals surface area contributed by atoms with Crippen molar-refractivity contribution in [1.82, 2.24) is 0 Å². The molecular weight excluding hydrogens is 344 g/mol. The van der Waals surface area contributed by atoms with E-state index in [4.69, 9.17) is 13.6 Å². The largest absolute Gasteiger partial charge is 0.462 e. The zero-order valence-electron chi connectivity index (χ0n) is 17.7. The quantitative estimate of drug-likeness (QED) is 0.123. The van der Waals surface area contributed by atoms with E-state index >= 15 is 0 Å². The van der Waals surface area contributed by atoms with Crippen LogP contribution in [0.25, 0.3) is 0 Å². The van der Waals surface area contributed by atoms with Crippen molar-refractivity contribution in [3.8, 4) is 0 Å². The van der Waals surface area contributed by atoms with E-state index in [1.807, 2.05) is 0 Å². The van der Waals surface area contributed by atoms with Gasteiger partial charge >= 0.3 is 14.5 Å². The van der Waals surface area contributed by atoms with Crippen LogP contribution in [0.1, 0.15) is 84.0 Å². The lowest BCUT2D eigenvalue weighted by Gasteiger charge is -2.22. The van der Waals surface area contributed by atoms with Gasteiger partial charge in [0.25, 0.3) is 0 Å². The molecule has 0 atom stereocenters. The van der Waals surface area contributed by atoms with Crippen molar-refractivity contribution in [2.24, 2.45) is 0 Å². The molecule has 0 fully saturated rings. The molecule has 0 aliphatic rings. The van der Waals surface area contributed by atoms with Crippen molar-refractivity contribution in [3.63, 3.8) is 0 Å². The summed E-state index contributed by atoms with van der Waals surface area (Å²) in [5.41, 5.74) is 0.482. The standard InChI is InChI=1S/C21H42O4Si/c1-20(2)21(22)25-18-16-14-12-10-8-6-7-9-11-13-15-17-19-26(5,23-3)24-4/h1,6-19H2,2-5H3. The molecule has 0 amide bonds. The van der Waals surface area contributed by atoms with Crippen molar-refractivity contribution in [1.29, 1.82) is 0 Å². The molecule has 0 bridgehead atoms. The molecule has 4 nitrogen and oxygen atoms in total. The Bertz CT molecular complexity index is 367. The fourth-order valence-corrected chi connectivity index (χ4v) is 4.36. The van der Waals surface area contributed by atoms with Gasteiger partial charge in [0.05, 0.1) is 6.61 Å². The fraction of sp³-hybridized carbons (Fsp3) is 0.857. The van der Waals surface area contributed by atoms with E-state index in [-0.39, 0.29) is 5.97 Å². The van der Waals surface area contributed by atoms with Crippen LogP contribution in [0.15, 0.2) is 12.2 Å². The van der Waals surface area contributed by atoms with E-state index in [0.29, 0.717) is 12.2 Å². The number of carbonyl (C=O) groups is 1. The molecule has 0 spiro atoms. The summed E-state index contributed by atoms with van der Waals surface area (Å²) < 4.78 is 16.1. The molecule has 0 radical (unpaired) electrons. The minimum atomic E-state index is -1.84. The summed E-state index contributed by atoms with van der Waals surface area (Å²) in [6, 6.07) is 1.10. The van der Waals surface area contributed by atoms with Gasteiger partial charge < -0.3 is 13.6 Å². The van der Waals surface area contributed by atoms with Crippen molar-refractivity contribution >= 4 is 14.5 Å². The number of hydrogen-bond donors (Lipinski definition) is 0. The van der Waals surface area contributed by atoms with E-state index in [9.17, 15) is 4.79 Å². The van der Waals surface area contributed by atoms with E-state index in [0.717, 1.165) is 18.9 Å². The van der Waals surface area contributed by atoms with Crippen LogP contribution in [0, 0.1) is 0 Å². The minimum Gasteiger partial charge on any atom is -0.462 e. The molecule has 0 saturated heterocycles. The first-order chi connectivity index (χ1) is 12.4. The molecule has 0 rings (SSSR count). The summed E-state index contributed by atoms with van der Waals surface area (Å²) in [4.78, 5) is 11.2. The maximum Gasteiger partial charge on any atom is 0.334 e. The topological polar surface area (TPSA) is 44.8 Å². The number of hydrogen-bond acceptors (Lipinski definition) is 4. The average Bonchev–Trinajstić information content (AvgIpc) is 2.64. The van der Waals surface area contributed by atoms with Crippen LogP contribution in [-0.2, 0) is 18.4 Å². The Balaban J connectivity index is 3.23. The number of rotatable bonds is 18. The predicted molar refractivity (Wildman–Crippen MR) is 112 cm³/mol. The second kappa shape index (κ2) is 16.5. The molecule has 0 saturated carbocycles. The highest BCUT2D eigenvalue weighted by Gasteiger charge is 2.27. The number of unbranched alkanes of at least 4 members (excludes halogenated alkanes) is 11. The van der Waals surface area contributed by atoms with Crippen LogP contribution in [0.2, 0.25) is 12.6 Å². The van der Waals surface area contributed by atoms with Crippen molar-refractivity contribution < 1.29 is 18.4 Å². The highest BCUT2D eigenvalue weighted by Crippen LogP contribution is 2.18. The first-order valence-electron chi connectivity index (χ1n) is 10.4. The molecule has 0 N–H and O–H groups in total. The lowest BCUT2D eigenvalue weighted by atomic mass is 10.1. The summed E-state index contributed by atoms with van der Waals surface area (Å²) in [5, 5.41) is 0. The van der Waals surface area contributed by atoms with Crippen LogP contribution < -0.4 is 0 Å². The van der Waals surface area contributed by atoms with Crippen LogP contribution in [-0.4, -0.2) is 35.4 Å². The molecule has 0 aliphatic heterocycles. The van der Waals surface area contributed by atoms with Crippen molar-refractivity contribution in [2.45, 2.75) is 96.6 Å². The van der Waals surface area contributed by atoms with Gasteiger partial charge in [-0.2, -0.15) is 0 Å². The molecule has 0 aliphatic carbocycles. The van der Waals surface area contributed by atoms with E-state index in [2.05, 4.69) is 13.1 Å². The van der Waals surface area contributed by atoms with Gasteiger partial charge in [-0.25, -0.2) is 4.79 Å². The third-order valence-corrected chi connectivity index (χ3v) is 7.96. The lowest BCUT2D eigenvalue weighted by molar-refractivity contribution is -0.139. The van der Waals surface area contributed by atoms with E-state index in [1.165, 1.54) is 64.2 Å². The molecule has 26 heavy (non-hydrogen) atoms. The third kappa shape index (κ3) is 14.5. The van der Waals surface area contributed by atoms with Gasteiger partial charge in [-0.1, -0.05) is 77.2 Å². The van der Waals surface area contributed by atoms with Crippen LogP contribution >= 0.6 is 0 Å². The molecule has 0 heterocycles. The molecule has 154 valence electrons. The second-order valence-corrected chi connectivity index (χ2v) is 11.0. The van der Waals surface area contributed by atoms with Crippen LogP contribution in [0.5, 0.6) is 0 Å². The third-order valence-electron chi connectivity index (χ3n) is 4.97. The molecular formula is C21H42O4Si. The van der Waals surface area contributed by atoms with Gasteiger partial charge in [0.2, 0.25) is 0 Å². The molecule has 0 aromatic rings. The Kier molecular flexibility index (Phi) is 16.1. The van der Waals surface area contributed by atoms with Gasteiger partial charge in [0.15, 0.2) is 0 Å². The number of carbonyl (C=O) groups excluding carboxylic acids is 1. The van der Waals surface area contributed by atoms with Gasteiger partial charge in [0, 0.05) is 19.8 Å². The van der Waals surface area contributed by atoms with Crippen LogP contribution in [0.4, 0.5) is 0 Å². The summed E-state index contributed by atoms with van der Waals surface area (Å²) in [6.07, 6.45) is 15.3. The highest BCUT2D eigenvalue weighted by molar-refractivity contribution is 6.65. The summed E-state index contributed by atoms with van der Waals surface area (Å²) in [7, 11) is 1.70. The van der Waals surface area contributed by atoms with E-state index < -0.39 is 8.56 Å². The Morgan fingerprint density at radius 2 is 1.15 bits per heavy atom. The first-order valence-corrected chi connectivity index (χ1v) is 12.9.